The summed E-state index contributed by atoms with van der Waals surface area (Å²) in [6.07, 6.45) is 5.72. The first-order valence-electron chi connectivity index (χ1n) is 3.62. The third-order valence-corrected chi connectivity index (χ3v) is 2.02. The van der Waals surface area contributed by atoms with Crippen LogP contribution in [0.4, 0.5) is 0 Å². The number of likely N-dealkylation sites (tertiary alicyclic amines) is 1. The van der Waals surface area contributed by atoms with Crippen LogP contribution in [0.2, 0.25) is 0 Å². The highest BCUT2D eigenvalue weighted by Crippen LogP contribution is 2.15. The minimum atomic E-state index is 0.127. The number of nitrogens with zero attached hydrogens (tertiary/aromatic N) is 1. The van der Waals surface area contributed by atoms with Gasteiger partial charge in [-0.2, -0.15) is 12.6 Å². The second-order valence-electron chi connectivity index (χ2n) is 2.63. The molecule has 0 spiro atoms. The summed E-state index contributed by atoms with van der Waals surface area (Å²) in [5, 5.41) is 0. The lowest BCUT2D eigenvalue weighted by atomic mass is 10.1. The molecule has 0 bridgehead atoms. The van der Waals surface area contributed by atoms with Crippen molar-refractivity contribution in [3.63, 3.8) is 0 Å². The van der Waals surface area contributed by atoms with Crippen LogP contribution in [0.15, 0.2) is 0 Å². The summed E-state index contributed by atoms with van der Waals surface area (Å²) in [6.45, 7) is 1.44. The van der Waals surface area contributed by atoms with Gasteiger partial charge in [0.2, 0.25) is 5.91 Å². The fourth-order valence-corrected chi connectivity index (χ4v) is 1.46. The summed E-state index contributed by atoms with van der Waals surface area (Å²) in [5.41, 5.74) is 0. The van der Waals surface area contributed by atoms with E-state index in [1.807, 2.05) is 0 Å². The van der Waals surface area contributed by atoms with Gasteiger partial charge in [-0.15, -0.1) is 12.3 Å². The van der Waals surface area contributed by atoms with Crippen LogP contribution < -0.4 is 0 Å². The quantitative estimate of drug-likeness (QED) is 0.468. The van der Waals surface area contributed by atoms with E-state index in [2.05, 4.69) is 18.5 Å². The minimum absolute atomic E-state index is 0.127. The predicted molar refractivity (Wildman–Crippen MR) is 47.4 cm³/mol. The zero-order valence-electron chi connectivity index (χ0n) is 6.29. The molecular formula is C8H11NOS. The Morgan fingerprint density at radius 2 is 2.55 bits per heavy atom. The summed E-state index contributed by atoms with van der Waals surface area (Å²) in [4.78, 5) is 12.9. The van der Waals surface area contributed by atoms with E-state index in [1.165, 1.54) is 0 Å². The second-order valence-corrected chi connectivity index (χ2v) is 3.08. The number of carbonyl (C=O) groups is 1. The summed E-state index contributed by atoms with van der Waals surface area (Å²) in [6, 6.07) is 0. The second kappa shape index (κ2) is 3.68. The molecule has 1 fully saturated rings. The fraction of sp³-hybridized carbons (Fsp3) is 0.625. The molecule has 3 heteroatoms. The van der Waals surface area contributed by atoms with E-state index in [9.17, 15) is 4.79 Å². The van der Waals surface area contributed by atoms with Gasteiger partial charge in [0, 0.05) is 31.2 Å². The lowest BCUT2D eigenvalue weighted by molar-refractivity contribution is -0.127. The average Bonchev–Trinajstić information content (AvgIpc) is 2.33. The van der Waals surface area contributed by atoms with Gasteiger partial charge in [0.1, 0.15) is 0 Å². The van der Waals surface area contributed by atoms with E-state index in [1.54, 1.807) is 4.90 Å². The molecule has 0 aromatic carbocycles. The van der Waals surface area contributed by atoms with Crippen LogP contribution in [-0.4, -0.2) is 29.6 Å². The van der Waals surface area contributed by atoms with Gasteiger partial charge in [-0.25, -0.2) is 0 Å². The maximum absolute atomic E-state index is 11.1. The van der Waals surface area contributed by atoms with Crippen molar-refractivity contribution in [2.24, 2.45) is 5.92 Å². The zero-order chi connectivity index (χ0) is 8.27. The van der Waals surface area contributed by atoms with Gasteiger partial charge < -0.3 is 4.90 Å². The van der Waals surface area contributed by atoms with Gasteiger partial charge in [-0.1, -0.05) is 0 Å². The first-order valence-corrected chi connectivity index (χ1v) is 4.26. The van der Waals surface area contributed by atoms with E-state index in [4.69, 9.17) is 6.42 Å². The normalized spacial score (nSPS) is 23.8. The third kappa shape index (κ3) is 1.90. The highest BCUT2D eigenvalue weighted by Gasteiger charge is 2.26. The monoisotopic (exact) mass is 169 g/mol. The summed E-state index contributed by atoms with van der Waals surface area (Å²) >= 11 is 4.05. The molecule has 1 saturated heterocycles. The number of terminal acetylenes is 1. The third-order valence-electron chi connectivity index (χ3n) is 1.82. The molecule has 0 radical (unpaired) electrons. The molecule has 1 heterocycles. The van der Waals surface area contributed by atoms with Crippen molar-refractivity contribution in [3.8, 4) is 12.3 Å². The van der Waals surface area contributed by atoms with E-state index in [-0.39, 0.29) is 11.8 Å². The maximum atomic E-state index is 11.1. The lowest BCUT2D eigenvalue weighted by Crippen LogP contribution is -2.27. The predicted octanol–water partition coefficient (Wildman–Crippen LogP) is 0.398. The Bertz CT molecular complexity index is 197. The van der Waals surface area contributed by atoms with Gasteiger partial charge in [-0.05, 0) is 0 Å². The Kier molecular flexibility index (Phi) is 2.84. The molecule has 2 nitrogen and oxygen atoms in total. The highest BCUT2D eigenvalue weighted by molar-refractivity contribution is 7.80. The Labute approximate surface area is 72.4 Å². The van der Waals surface area contributed by atoms with Crippen LogP contribution in [0, 0.1) is 18.3 Å². The first kappa shape index (κ1) is 8.48. The van der Waals surface area contributed by atoms with Gasteiger partial charge >= 0.3 is 0 Å². The number of hydrogen-bond donors (Lipinski definition) is 1. The van der Waals surface area contributed by atoms with Gasteiger partial charge in [0.25, 0.3) is 0 Å². The standard InChI is InChI=1S/C8H11NOS/c1-2-7-5-8(10)9(6-7)3-4-11/h1,7,11H,3-6H2. The van der Waals surface area contributed by atoms with Crippen molar-refractivity contribution in [1.29, 1.82) is 0 Å². The lowest BCUT2D eigenvalue weighted by Gasteiger charge is -2.12. The Morgan fingerprint density at radius 1 is 1.82 bits per heavy atom. The Balaban J connectivity index is 2.46. The average molecular weight is 169 g/mol. The van der Waals surface area contributed by atoms with Crippen LogP contribution in [0.1, 0.15) is 6.42 Å². The van der Waals surface area contributed by atoms with Gasteiger partial charge in [-0.3, -0.25) is 4.79 Å². The number of amides is 1. The van der Waals surface area contributed by atoms with Crippen LogP contribution in [0.25, 0.3) is 0 Å². The smallest absolute Gasteiger partial charge is 0.223 e. The van der Waals surface area contributed by atoms with E-state index >= 15 is 0 Å². The molecule has 1 atom stereocenters. The Hall–Kier alpha value is -0.620. The molecule has 60 valence electrons. The molecule has 1 aliphatic heterocycles. The molecule has 0 aromatic rings. The molecule has 0 N–H and O–H groups in total. The van der Waals surface area contributed by atoms with Crippen molar-refractivity contribution in [2.75, 3.05) is 18.8 Å². The van der Waals surface area contributed by atoms with Crippen molar-refractivity contribution in [3.05, 3.63) is 0 Å². The van der Waals surface area contributed by atoms with Crippen molar-refractivity contribution in [1.82, 2.24) is 4.90 Å². The molecular weight excluding hydrogens is 158 g/mol. The number of thiol groups is 1. The number of carbonyl (C=O) groups excluding carboxylic acids is 1. The molecule has 1 rings (SSSR count). The molecule has 0 aromatic heterocycles. The van der Waals surface area contributed by atoms with Crippen molar-refractivity contribution < 1.29 is 4.79 Å². The highest BCUT2D eigenvalue weighted by atomic mass is 32.1. The SMILES string of the molecule is C#CC1CC(=O)N(CCS)C1. The van der Waals surface area contributed by atoms with Crippen LogP contribution in [-0.2, 0) is 4.79 Å². The molecule has 0 aliphatic carbocycles. The Morgan fingerprint density at radius 3 is 3.00 bits per heavy atom. The van der Waals surface area contributed by atoms with E-state index in [0.717, 1.165) is 13.1 Å². The van der Waals surface area contributed by atoms with Crippen molar-refractivity contribution in [2.45, 2.75) is 6.42 Å². The summed E-state index contributed by atoms with van der Waals surface area (Å²) in [5.74, 6) is 3.60. The minimum Gasteiger partial charge on any atom is -0.341 e. The molecule has 1 amide bonds. The zero-order valence-corrected chi connectivity index (χ0v) is 7.18. The van der Waals surface area contributed by atoms with Crippen molar-refractivity contribution >= 4 is 18.5 Å². The molecule has 11 heavy (non-hydrogen) atoms. The summed E-state index contributed by atoms with van der Waals surface area (Å²) in [7, 11) is 0. The van der Waals surface area contributed by atoms with E-state index in [0.29, 0.717) is 12.2 Å². The number of rotatable bonds is 2. The largest absolute Gasteiger partial charge is 0.341 e. The number of hydrogen-bond acceptors (Lipinski definition) is 2. The van der Waals surface area contributed by atoms with Gasteiger partial charge in [0.15, 0.2) is 0 Å². The fourth-order valence-electron chi connectivity index (χ4n) is 1.22. The molecule has 1 unspecified atom stereocenters. The van der Waals surface area contributed by atoms with Crippen LogP contribution in [0.3, 0.4) is 0 Å². The molecule has 0 saturated carbocycles. The first-order chi connectivity index (χ1) is 5.27. The molecule has 1 aliphatic rings. The summed E-state index contributed by atoms with van der Waals surface area (Å²) < 4.78 is 0. The van der Waals surface area contributed by atoms with E-state index < -0.39 is 0 Å². The van der Waals surface area contributed by atoms with Gasteiger partial charge in [0.05, 0.1) is 0 Å². The van der Waals surface area contributed by atoms with Crippen LogP contribution >= 0.6 is 12.6 Å². The topological polar surface area (TPSA) is 20.3 Å². The maximum Gasteiger partial charge on any atom is 0.223 e. The van der Waals surface area contributed by atoms with Crippen LogP contribution in [0.5, 0.6) is 0 Å².